The Labute approximate surface area is 227 Å². The molecule has 0 aliphatic carbocycles. The van der Waals surface area contributed by atoms with E-state index < -0.39 is 18.1 Å². The van der Waals surface area contributed by atoms with Crippen molar-refractivity contribution in [3.8, 4) is 5.75 Å². The molecule has 0 radical (unpaired) electrons. The Balaban J connectivity index is 1.38. The lowest BCUT2D eigenvalue weighted by atomic mass is 10.3. The second-order valence-electron chi connectivity index (χ2n) is 8.76. The number of rotatable bonds is 8. The Morgan fingerprint density at radius 2 is 1.77 bits per heavy atom. The molecule has 3 amide bonds. The molecule has 1 aliphatic heterocycles. The van der Waals surface area contributed by atoms with Gasteiger partial charge in [0.05, 0.1) is 5.02 Å². The highest BCUT2D eigenvalue weighted by Crippen LogP contribution is 2.24. The summed E-state index contributed by atoms with van der Waals surface area (Å²) in [5, 5.41) is 5.65. The number of carbonyl (C=O) groups is 2. The van der Waals surface area contributed by atoms with Crippen LogP contribution in [-0.4, -0.2) is 63.9 Å². The van der Waals surface area contributed by atoms with Crippen LogP contribution in [0.3, 0.4) is 0 Å². The fourth-order valence-electron chi connectivity index (χ4n) is 4.00. The van der Waals surface area contributed by atoms with E-state index in [0.29, 0.717) is 37.7 Å². The van der Waals surface area contributed by atoms with Gasteiger partial charge in [0.2, 0.25) is 5.82 Å². The third-order valence-corrected chi connectivity index (χ3v) is 6.13. The molecule has 0 atom stereocenters. The van der Waals surface area contributed by atoms with Crippen LogP contribution in [0.5, 0.6) is 5.75 Å². The normalized spacial score (nSPS) is 13.8. The standard InChI is InChI=1S/C25H27ClF3N7O3/c1-2-3-10-36-16-20(33-24(38)31-18-5-7-19(8-6-18)39-25(27,28)29)32-22(36)23(37)35-13-11-34(12-14-35)21-9-4-17(26)15-30-21/h4-9,15-16H,2-3,10-14H2,1H3,(H2,31,33,38). The first-order valence-corrected chi connectivity index (χ1v) is 12.7. The van der Waals surface area contributed by atoms with E-state index >= 15 is 0 Å². The summed E-state index contributed by atoms with van der Waals surface area (Å²) in [5.41, 5.74) is 0.247. The third kappa shape index (κ3) is 7.76. The van der Waals surface area contributed by atoms with Crippen LogP contribution < -0.4 is 20.3 Å². The lowest BCUT2D eigenvalue weighted by Crippen LogP contribution is -2.49. The van der Waals surface area contributed by atoms with Crippen LogP contribution in [-0.2, 0) is 6.54 Å². The second kappa shape index (κ2) is 12.2. The number of hydrogen-bond donors (Lipinski definition) is 2. The predicted molar refractivity (Wildman–Crippen MR) is 140 cm³/mol. The minimum absolute atomic E-state index is 0.174. The zero-order valence-corrected chi connectivity index (χ0v) is 21.8. The average Bonchev–Trinajstić information content (AvgIpc) is 3.30. The van der Waals surface area contributed by atoms with Gasteiger partial charge in [-0.15, -0.1) is 13.2 Å². The Hall–Kier alpha value is -4.00. The maximum atomic E-state index is 13.4. The number of pyridine rings is 1. The summed E-state index contributed by atoms with van der Waals surface area (Å²) in [6.07, 6.45) is 0.0811. The first kappa shape index (κ1) is 28.0. The van der Waals surface area contributed by atoms with Gasteiger partial charge in [0.15, 0.2) is 5.82 Å². The molecule has 0 bridgehead atoms. The molecule has 14 heteroatoms. The van der Waals surface area contributed by atoms with Crippen molar-refractivity contribution in [3.63, 3.8) is 0 Å². The number of carbonyl (C=O) groups excluding carboxylic acids is 2. The highest BCUT2D eigenvalue weighted by atomic mass is 35.5. The van der Waals surface area contributed by atoms with Gasteiger partial charge in [0, 0.05) is 50.8 Å². The molecule has 10 nitrogen and oxygen atoms in total. The number of anilines is 3. The molecule has 3 aromatic rings. The molecule has 1 saturated heterocycles. The van der Waals surface area contributed by atoms with Crippen LogP contribution >= 0.6 is 11.6 Å². The van der Waals surface area contributed by atoms with Crippen molar-refractivity contribution in [3.05, 3.63) is 59.6 Å². The number of imidazole rings is 1. The maximum absolute atomic E-state index is 13.4. The van der Waals surface area contributed by atoms with Crippen molar-refractivity contribution in [2.45, 2.75) is 32.7 Å². The van der Waals surface area contributed by atoms with Gasteiger partial charge in [0.1, 0.15) is 11.6 Å². The molecular weight excluding hydrogens is 539 g/mol. The number of halogens is 4. The molecule has 1 aromatic carbocycles. The molecule has 0 saturated carbocycles. The van der Waals surface area contributed by atoms with Crippen LogP contribution in [0, 0.1) is 0 Å². The summed E-state index contributed by atoms with van der Waals surface area (Å²) in [6, 6.07) is 7.66. The van der Waals surface area contributed by atoms with Gasteiger partial charge in [-0.05, 0) is 42.8 Å². The third-order valence-electron chi connectivity index (χ3n) is 5.91. The lowest BCUT2D eigenvalue weighted by Gasteiger charge is -2.35. The monoisotopic (exact) mass is 565 g/mol. The first-order valence-electron chi connectivity index (χ1n) is 12.3. The van der Waals surface area contributed by atoms with Crippen molar-refractivity contribution in [1.82, 2.24) is 19.4 Å². The molecule has 208 valence electrons. The molecular formula is C25H27ClF3N7O3. The Morgan fingerprint density at radius 1 is 1.05 bits per heavy atom. The number of nitrogens with one attached hydrogen (secondary N) is 2. The van der Waals surface area contributed by atoms with Crippen molar-refractivity contribution in [2.24, 2.45) is 0 Å². The molecule has 2 N–H and O–H groups in total. The number of amides is 3. The SMILES string of the molecule is CCCCn1cc(NC(=O)Nc2ccc(OC(F)(F)F)cc2)nc1C(=O)N1CCN(c2ccc(Cl)cn2)CC1. The van der Waals surface area contributed by atoms with E-state index in [4.69, 9.17) is 11.6 Å². The van der Waals surface area contributed by atoms with Gasteiger partial charge in [-0.25, -0.2) is 14.8 Å². The van der Waals surface area contributed by atoms with E-state index in [2.05, 4.69) is 30.2 Å². The summed E-state index contributed by atoms with van der Waals surface area (Å²) in [4.78, 5) is 38.4. The van der Waals surface area contributed by atoms with E-state index in [9.17, 15) is 22.8 Å². The van der Waals surface area contributed by atoms with Crippen LogP contribution in [0.1, 0.15) is 30.4 Å². The Kier molecular flexibility index (Phi) is 8.79. The number of aryl methyl sites for hydroxylation is 1. The molecule has 3 heterocycles. The van der Waals surface area contributed by atoms with Gasteiger partial charge in [-0.2, -0.15) is 0 Å². The highest BCUT2D eigenvalue weighted by molar-refractivity contribution is 6.30. The van der Waals surface area contributed by atoms with E-state index in [0.717, 1.165) is 30.8 Å². The van der Waals surface area contributed by atoms with Crippen molar-refractivity contribution in [1.29, 1.82) is 0 Å². The fourth-order valence-corrected chi connectivity index (χ4v) is 4.11. The summed E-state index contributed by atoms with van der Waals surface area (Å²) < 4.78 is 42.5. The summed E-state index contributed by atoms with van der Waals surface area (Å²) in [5.74, 6) is 0.523. The van der Waals surface area contributed by atoms with E-state index in [-0.39, 0.29) is 23.2 Å². The van der Waals surface area contributed by atoms with Gasteiger partial charge in [-0.1, -0.05) is 24.9 Å². The molecule has 1 fully saturated rings. The number of alkyl halides is 3. The topological polar surface area (TPSA) is 105 Å². The van der Waals surface area contributed by atoms with Gasteiger partial charge in [0.25, 0.3) is 5.91 Å². The van der Waals surface area contributed by atoms with Crippen LogP contribution in [0.2, 0.25) is 5.02 Å². The minimum Gasteiger partial charge on any atom is -0.406 e. The van der Waals surface area contributed by atoms with Gasteiger partial charge < -0.3 is 24.4 Å². The minimum atomic E-state index is -4.81. The molecule has 2 aromatic heterocycles. The number of nitrogens with zero attached hydrogens (tertiary/aromatic N) is 5. The number of aromatic nitrogens is 3. The fraction of sp³-hybridized carbons (Fsp3) is 0.360. The Bertz CT molecular complexity index is 1280. The first-order chi connectivity index (χ1) is 18.6. The molecule has 39 heavy (non-hydrogen) atoms. The van der Waals surface area contributed by atoms with Crippen LogP contribution in [0.25, 0.3) is 0 Å². The number of unbranched alkanes of at least 4 members (excludes halogenated alkanes) is 1. The molecule has 1 aliphatic rings. The zero-order chi connectivity index (χ0) is 28.0. The number of urea groups is 1. The van der Waals surface area contributed by atoms with E-state index in [1.54, 1.807) is 27.9 Å². The Morgan fingerprint density at radius 3 is 2.38 bits per heavy atom. The van der Waals surface area contributed by atoms with Crippen molar-refractivity contribution in [2.75, 3.05) is 41.7 Å². The van der Waals surface area contributed by atoms with Crippen molar-refractivity contribution >= 4 is 40.9 Å². The quantitative estimate of drug-likeness (QED) is 0.387. The number of benzene rings is 1. The largest absolute Gasteiger partial charge is 0.573 e. The van der Waals surface area contributed by atoms with Crippen LogP contribution in [0.4, 0.5) is 35.3 Å². The van der Waals surface area contributed by atoms with Gasteiger partial charge in [-0.3, -0.25) is 10.1 Å². The van der Waals surface area contributed by atoms with E-state index in [1.807, 2.05) is 13.0 Å². The number of hydrogen-bond acceptors (Lipinski definition) is 6. The van der Waals surface area contributed by atoms with Gasteiger partial charge >= 0.3 is 12.4 Å². The van der Waals surface area contributed by atoms with E-state index in [1.165, 1.54) is 12.1 Å². The summed E-state index contributed by atoms with van der Waals surface area (Å²) >= 11 is 5.92. The lowest BCUT2D eigenvalue weighted by molar-refractivity contribution is -0.274. The highest BCUT2D eigenvalue weighted by Gasteiger charge is 2.31. The predicted octanol–water partition coefficient (Wildman–Crippen LogP) is 5.24. The second-order valence-corrected chi connectivity index (χ2v) is 9.20. The molecule has 4 rings (SSSR count). The van der Waals surface area contributed by atoms with Crippen molar-refractivity contribution < 1.29 is 27.5 Å². The summed E-state index contributed by atoms with van der Waals surface area (Å²) in [6.45, 7) is 4.71. The van der Waals surface area contributed by atoms with Crippen LogP contribution in [0.15, 0.2) is 48.8 Å². The zero-order valence-electron chi connectivity index (χ0n) is 21.0. The maximum Gasteiger partial charge on any atom is 0.573 e. The molecule has 0 spiro atoms. The molecule has 0 unspecified atom stereocenters. The number of piperazine rings is 1. The smallest absolute Gasteiger partial charge is 0.406 e. The summed E-state index contributed by atoms with van der Waals surface area (Å²) in [7, 11) is 0. The number of ether oxygens (including phenoxy) is 1. The average molecular weight is 566 g/mol.